The van der Waals surface area contributed by atoms with Crippen molar-refractivity contribution < 1.29 is 0 Å². The molecule has 30 rings (SSSR count). The number of aromatic nitrogens is 15. The van der Waals surface area contributed by atoms with E-state index in [-0.39, 0.29) is 0 Å². The molecule has 21 aromatic carbocycles. The summed E-state index contributed by atoms with van der Waals surface area (Å²) in [6.45, 7) is 0. The Balaban J connectivity index is 0.000000108. The van der Waals surface area contributed by atoms with Crippen LogP contribution in [0.1, 0.15) is 0 Å². The van der Waals surface area contributed by atoms with Gasteiger partial charge >= 0.3 is 0 Å². The number of rotatable bonds is 15. The lowest BCUT2D eigenvalue weighted by Crippen LogP contribution is -2.06. The summed E-state index contributed by atoms with van der Waals surface area (Å²) in [7, 11) is 0. The summed E-state index contributed by atoms with van der Waals surface area (Å²) < 4.78 is 13.8. The van der Waals surface area contributed by atoms with Gasteiger partial charge in [-0.2, -0.15) is 29.9 Å². The molecule has 0 radical (unpaired) electrons. The Morgan fingerprint density at radius 1 is 0.113 bits per heavy atom. The summed E-state index contributed by atoms with van der Waals surface area (Å²) in [5, 5.41) is 13.9. The Morgan fingerprint density at radius 3 is 0.667 bits per heavy atom. The Hall–Kier alpha value is -20.6. The van der Waals surface area contributed by atoms with Crippen molar-refractivity contribution in [2.75, 3.05) is 0 Å². The molecule has 0 atom stereocenters. The predicted octanol–water partition coefficient (Wildman–Crippen LogP) is 33.2. The van der Waals surface area contributed by atoms with Gasteiger partial charge in [-0.05, 0) is 137 Å². The van der Waals surface area contributed by atoms with Crippen molar-refractivity contribution in [1.29, 1.82) is 0 Å². The number of nitrogens with zero attached hydrogens (tertiary/aromatic N) is 15. The zero-order chi connectivity index (χ0) is 99.1. The highest BCUT2D eigenvalue weighted by atomic mass is 15.2. The van der Waals surface area contributed by atoms with Crippen molar-refractivity contribution in [2.45, 2.75) is 0 Å². The molecule has 30 aromatic rings. The lowest BCUT2D eigenvalue weighted by molar-refractivity contribution is 0.955. The Morgan fingerprint density at radius 2 is 0.333 bits per heavy atom. The average Bonchev–Trinajstić information content (AvgIpc) is 1.55. The van der Waals surface area contributed by atoms with E-state index in [1.807, 2.05) is 97.1 Å². The molecular weight excluding hydrogens is 1830 g/mol. The first-order valence-corrected chi connectivity index (χ1v) is 50.4. The van der Waals surface area contributed by atoms with Crippen molar-refractivity contribution in [3.05, 3.63) is 528 Å². The number of hydrogen-bond donors (Lipinski definition) is 0. The molecule has 9 heterocycles. The highest BCUT2D eigenvalue weighted by Crippen LogP contribution is 2.48. The van der Waals surface area contributed by atoms with E-state index in [0.717, 1.165) is 182 Å². The largest absolute Gasteiger partial charge is 0.309 e. The van der Waals surface area contributed by atoms with Crippen LogP contribution >= 0.6 is 0 Å². The second-order valence-corrected chi connectivity index (χ2v) is 37.5. The van der Waals surface area contributed by atoms with Crippen molar-refractivity contribution >= 4 is 131 Å². The molecule has 0 spiro atoms. The lowest BCUT2D eigenvalue weighted by Gasteiger charge is -2.12. The van der Waals surface area contributed by atoms with Gasteiger partial charge in [0.25, 0.3) is 0 Å². The minimum atomic E-state index is 0.578. The van der Waals surface area contributed by atoms with Gasteiger partial charge in [-0.1, -0.05) is 425 Å². The summed E-state index contributed by atoms with van der Waals surface area (Å²) in [5.74, 6) is 5.51. The van der Waals surface area contributed by atoms with Gasteiger partial charge in [0, 0.05) is 115 Å². The molecule has 0 aliphatic rings. The van der Waals surface area contributed by atoms with Crippen molar-refractivity contribution in [2.24, 2.45) is 0 Å². The first kappa shape index (κ1) is 87.3. The van der Waals surface area contributed by atoms with E-state index < -0.39 is 0 Å². The first-order valence-electron chi connectivity index (χ1n) is 50.4. The number of benzene rings is 21. The Labute approximate surface area is 861 Å². The molecule has 0 bridgehead atoms. The molecule has 0 unspecified atom stereocenters. The van der Waals surface area contributed by atoms with Crippen LogP contribution in [0.15, 0.2) is 528 Å². The molecule has 9 aromatic heterocycles. The molecule has 15 heteroatoms. The molecule has 0 saturated heterocycles. The second kappa shape index (κ2) is 37.0. The smallest absolute Gasteiger partial charge is 0.238 e. The highest BCUT2D eigenvalue weighted by Gasteiger charge is 2.30. The van der Waals surface area contributed by atoms with E-state index in [4.69, 9.17) is 44.9 Å². The van der Waals surface area contributed by atoms with Gasteiger partial charge in [-0.3, -0.25) is 13.7 Å². The van der Waals surface area contributed by atoms with Crippen molar-refractivity contribution in [3.63, 3.8) is 0 Å². The van der Waals surface area contributed by atoms with Crippen LogP contribution in [0.5, 0.6) is 0 Å². The zero-order valence-electron chi connectivity index (χ0n) is 80.9. The van der Waals surface area contributed by atoms with Crippen LogP contribution in [0.25, 0.3) is 267 Å². The summed E-state index contributed by atoms with van der Waals surface area (Å²) in [4.78, 5) is 46.5. The fraction of sp³-hybridized carbons (Fsp3) is 0. The van der Waals surface area contributed by atoms with E-state index in [1.54, 1.807) is 0 Å². The van der Waals surface area contributed by atoms with E-state index in [1.165, 1.54) is 32.8 Å². The zero-order valence-corrected chi connectivity index (χ0v) is 80.9. The average molecular weight is 1920 g/mol. The summed E-state index contributed by atoms with van der Waals surface area (Å²) in [6, 6.07) is 184. The maximum Gasteiger partial charge on any atom is 0.238 e. The molecule has 0 aliphatic heterocycles. The fourth-order valence-electron chi connectivity index (χ4n) is 22.0. The standard InChI is InChI=1S/3C45H29N5/c1-5-15-30(16-6-1)33-25-27-39-37(29-33)35-26-28-40-41(36-23-13-14-24-38(36)49(40)34-21-11-4-12-22-34)42(35)50(39)45-47-43(31-17-7-2-8-18-31)46-44(48-45)32-19-9-3-10-20-32;1-4-15-30(16-5-1)32-19-14-20-33(29-32)44-46-43(31-17-6-2-7-18-31)47-45(48-44)50-38-25-12-10-23-35(38)36-27-28-40-41(42(36)50)37-24-11-13-26-39(37)49(40)34-21-8-3-9-22-34;1-4-15-30(16-5-1)33-21-14-22-34(29-33)49-39-26-13-11-24-37(39)41-40(49)28-27-36-35-23-10-12-25-38(35)50(42(36)41)45-47-43(31-17-6-2-7-18-31)46-44(48-45)32-19-8-3-9-20-32/h3*1-29H. The van der Waals surface area contributed by atoms with Crippen LogP contribution in [-0.4, -0.2) is 72.3 Å². The van der Waals surface area contributed by atoms with Crippen LogP contribution in [0.2, 0.25) is 0 Å². The van der Waals surface area contributed by atoms with Gasteiger partial charge in [0.05, 0.1) is 66.2 Å². The minimum Gasteiger partial charge on any atom is -0.309 e. The van der Waals surface area contributed by atoms with E-state index in [9.17, 15) is 0 Å². The predicted molar refractivity (Wildman–Crippen MR) is 614 cm³/mol. The first-order chi connectivity index (χ1) is 74.4. The molecule has 702 valence electrons. The Bertz CT molecular complexity index is 10300. The van der Waals surface area contributed by atoms with Crippen LogP contribution in [0.4, 0.5) is 0 Å². The van der Waals surface area contributed by atoms with Crippen LogP contribution < -0.4 is 0 Å². The van der Waals surface area contributed by atoms with E-state index in [2.05, 4.69) is 458 Å². The van der Waals surface area contributed by atoms with Crippen LogP contribution in [0.3, 0.4) is 0 Å². The van der Waals surface area contributed by atoms with Gasteiger partial charge in [-0.25, -0.2) is 15.0 Å². The molecule has 0 aliphatic carbocycles. The van der Waals surface area contributed by atoms with Crippen LogP contribution in [0, 0.1) is 0 Å². The third kappa shape index (κ3) is 15.2. The van der Waals surface area contributed by atoms with E-state index >= 15 is 0 Å². The topological polar surface area (TPSA) is 146 Å². The minimum absolute atomic E-state index is 0.578. The lowest BCUT2D eigenvalue weighted by atomic mass is 10.0. The van der Waals surface area contributed by atoms with Gasteiger partial charge < -0.3 is 13.7 Å². The maximum atomic E-state index is 5.29. The SMILES string of the molecule is c1ccc(-c2ccc3c(c2)c2ccc4c(c5ccccc5n4-c4ccccc4)c2n3-c2nc(-c3ccccc3)nc(-c3ccccc3)n2)cc1.c1ccc(-c2cccc(-c3nc(-c4ccccc4)nc(-n4c5ccccc5c5ccc6c(c7ccccc7n6-c6ccccc6)c54)n3)c2)cc1.c1ccc(-c2cccc(-n3c4ccccc4c4c3ccc3c5ccccc5n(-c5nc(-c6ccccc6)nc(-c6ccccc6)n5)c34)c2)cc1. The third-order valence-electron chi connectivity index (χ3n) is 28.7. The Kier molecular flexibility index (Phi) is 21.5. The quantitative estimate of drug-likeness (QED) is 0.0979. The molecule has 0 saturated carbocycles. The van der Waals surface area contributed by atoms with Gasteiger partial charge in [0.1, 0.15) is 0 Å². The number of hydrogen-bond acceptors (Lipinski definition) is 9. The highest BCUT2D eigenvalue weighted by molar-refractivity contribution is 6.29. The van der Waals surface area contributed by atoms with Gasteiger partial charge in [0.15, 0.2) is 34.9 Å². The van der Waals surface area contributed by atoms with Gasteiger partial charge in [-0.15, -0.1) is 0 Å². The monoisotopic (exact) mass is 1920 g/mol. The molecule has 0 fully saturated rings. The second-order valence-electron chi connectivity index (χ2n) is 37.5. The number of para-hydroxylation sites is 7. The third-order valence-corrected chi connectivity index (χ3v) is 28.7. The van der Waals surface area contributed by atoms with Crippen molar-refractivity contribution in [1.82, 2.24) is 72.3 Å². The molecular formula is C135H87N15. The summed E-state index contributed by atoms with van der Waals surface area (Å²) in [5.41, 5.74) is 29.1. The number of fused-ring (bicyclic) bond motifs is 21. The molecule has 0 N–H and O–H groups in total. The van der Waals surface area contributed by atoms with Gasteiger partial charge in [0.2, 0.25) is 17.8 Å². The molecule has 150 heavy (non-hydrogen) atoms. The van der Waals surface area contributed by atoms with Crippen LogP contribution in [-0.2, 0) is 0 Å². The summed E-state index contributed by atoms with van der Waals surface area (Å²) in [6.07, 6.45) is 0. The molecule has 0 amide bonds. The maximum absolute atomic E-state index is 5.29. The van der Waals surface area contributed by atoms with Crippen molar-refractivity contribution in [3.8, 4) is 137 Å². The van der Waals surface area contributed by atoms with E-state index in [0.29, 0.717) is 52.8 Å². The molecule has 15 nitrogen and oxygen atoms in total. The normalized spacial score (nSPS) is 11.6. The summed E-state index contributed by atoms with van der Waals surface area (Å²) >= 11 is 0. The fourth-order valence-corrected chi connectivity index (χ4v) is 22.0.